The first-order valence-corrected chi connectivity index (χ1v) is 8.92. The molecule has 4 aliphatic rings. The van der Waals surface area contributed by atoms with Gasteiger partial charge in [0, 0.05) is 0 Å². The van der Waals surface area contributed by atoms with Crippen molar-refractivity contribution in [3.63, 3.8) is 0 Å². The first-order chi connectivity index (χ1) is 8.92. The SMILES string of the molecule is C1CCC2CC3CCC4CCCC4C3CCC2C1. The fraction of sp³-hybridized carbons (Fsp3) is 1.00. The summed E-state index contributed by atoms with van der Waals surface area (Å²) >= 11 is 0. The molecule has 4 saturated carbocycles. The fourth-order valence-corrected chi connectivity index (χ4v) is 6.49. The second-order valence-corrected chi connectivity index (χ2v) is 7.97. The van der Waals surface area contributed by atoms with Crippen molar-refractivity contribution in [3.8, 4) is 0 Å². The van der Waals surface area contributed by atoms with Crippen LogP contribution in [0.25, 0.3) is 0 Å². The molecule has 0 amide bonds. The molecular formula is C18H30. The van der Waals surface area contributed by atoms with Gasteiger partial charge in [-0.05, 0) is 74.0 Å². The van der Waals surface area contributed by atoms with Crippen LogP contribution < -0.4 is 0 Å². The fourth-order valence-electron chi connectivity index (χ4n) is 6.49. The van der Waals surface area contributed by atoms with E-state index in [1.807, 2.05) is 0 Å². The molecule has 18 heavy (non-hydrogen) atoms. The van der Waals surface area contributed by atoms with E-state index in [9.17, 15) is 0 Å². The zero-order chi connectivity index (χ0) is 11.9. The normalized spacial score (nSPS) is 52.0. The summed E-state index contributed by atoms with van der Waals surface area (Å²) in [6, 6.07) is 0. The first-order valence-electron chi connectivity index (χ1n) is 8.92. The maximum Gasteiger partial charge on any atom is -0.0355 e. The van der Waals surface area contributed by atoms with E-state index < -0.39 is 0 Å². The predicted molar refractivity (Wildman–Crippen MR) is 76.3 cm³/mol. The summed E-state index contributed by atoms with van der Waals surface area (Å²) in [5.41, 5.74) is 0. The Labute approximate surface area is 113 Å². The van der Waals surface area contributed by atoms with Crippen molar-refractivity contribution in [3.05, 3.63) is 0 Å². The monoisotopic (exact) mass is 246 g/mol. The van der Waals surface area contributed by atoms with Crippen LogP contribution in [-0.4, -0.2) is 0 Å². The third-order valence-electron chi connectivity index (χ3n) is 7.32. The molecule has 4 aliphatic carbocycles. The molecule has 0 radical (unpaired) electrons. The minimum atomic E-state index is 1.14. The molecular weight excluding hydrogens is 216 g/mol. The molecule has 0 heteroatoms. The van der Waals surface area contributed by atoms with E-state index in [2.05, 4.69) is 0 Å². The quantitative estimate of drug-likeness (QED) is 0.535. The topological polar surface area (TPSA) is 0 Å². The first kappa shape index (κ1) is 11.8. The molecule has 0 heterocycles. The Morgan fingerprint density at radius 2 is 1.06 bits per heavy atom. The highest BCUT2D eigenvalue weighted by Crippen LogP contribution is 2.54. The van der Waals surface area contributed by atoms with Crippen molar-refractivity contribution in [1.82, 2.24) is 0 Å². The molecule has 0 aromatic carbocycles. The Kier molecular flexibility index (Phi) is 3.17. The van der Waals surface area contributed by atoms with Gasteiger partial charge >= 0.3 is 0 Å². The number of rotatable bonds is 0. The minimum absolute atomic E-state index is 1.14. The minimum Gasteiger partial charge on any atom is -0.0530 e. The van der Waals surface area contributed by atoms with Crippen LogP contribution in [0.2, 0.25) is 0 Å². The van der Waals surface area contributed by atoms with E-state index in [-0.39, 0.29) is 0 Å². The third kappa shape index (κ3) is 1.95. The number of hydrogen-bond donors (Lipinski definition) is 0. The largest absolute Gasteiger partial charge is 0.0530 e. The highest BCUT2D eigenvalue weighted by Gasteiger charge is 2.44. The van der Waals surface area contributed by atoms with Crippen LogP contribution in [0.1, 0.15) is 77.0 Å². The van der Waals surface area contributed by atoms with E-state index in [1.54, 1.807) is 77.0 Å². The summed E-state index contributed by atoms with van der Waals surface area (Å²) in [4.78, 5) is 0. The Hall–Kier alpha value is 0. The lowest BCUT2D eigenvalue weighted by molar-refractivity contribution is 0.0954. The van der Waals surface area contributed by atoms with Gasteiger partial charge in [0.1, 0.15) is 0 Å². The molecule has 102 valence electrons. The summed E-state index contributed by atoms with van der Waals surface area (Å²) in [5.74, 6) is 6.93. The van der Waals surface area contributed by atoms with E-state index in [0.29, 0.717) is 0 Å². The van der Waals surface area contributed by atoms with Crippen molar-refractivity contribution >= 4 is 0 Å². The van der Waals surface area contributed by atoms with Gasteiger partial charge < -0.3 is 0 Å². The predicted octanol–water partition coefficient (Wildman–Crippen LogP) is 5.42. The average Bonchev–Trinajstić information content (AvgIpc) is 2.79. The van der Waals surface area contributed by atoms with E-state index >= 15 is 0 Å². The second-order valence-electron chi connectivity index (χ2n) is 7.97. The molecule has 4 rings (SSSR count). The highest BCUT2D eigenvalue weighted by molar-refractivity contribution is 4.94. The van der Waals surface area contributed by atoms with Crippen LogP contribution >= 0.6 is 0 Å². The smallest absolute Gasteiger partial charge is 0.0355 e. The molecule has 0 aromatic rings. The van der Waals surface area contributed by atoms with Gasteiger partial charge in [0.25, 0.3) is 0 Å². The Morgan fingerprint density at radius 1 is 0.389 bits per heavy atom. The lowest BCUT2D eigenvalue weighted by Crippen LogP contribution is -2.31. The van der Waals surface area contributed by atoms with Gasteiger partial charge in [0.15, 0.2) is 0 Å². The van der Waals surface area contributed by atoms with Gasteiger partial charge in [-0.2, -0.15) is 0 Å². The van der Waals surface area contributed by atoms with Gasteiger partial charge in [-0.15, -0.1) is 0 Å². The molecule has 6 atom stereocenters. The van der Waals surface area contributed by atoms with Crippen molar-refractivity contribution < 1.29 is 0 Å². The lowest BCUT2D eigenvalue weighted by Gasteiger charge is -2.40. The van der Waals surface area contributed by atoms with Crippen LogP contribution in [-0.2, 0) is 0 Å². The lowest BCUT2D eigenvalue weighted by atomic mass is 9.65. The van der Waals surface area contributed by atoms with Gasteiger partial charge in [-0.1, -0.05) is 38.5 Å². The zero-order valence-electron chi connectivity index (χ0n) is 11.9. The molecule has 0 N–H and O–H groups in total. The second kappa shape index (κ2) is 4.84. The maximum absolute atomic E-state index is 1.64. The van der Waals surface area contributed by atoms with Crippen molar-refractivity contribution in [2.75, 3.05) is 0 Å². The summed E-state index contributed by atoms with van der Waals surface area (Å²) < 4.78 is 0. The summed E-state index contributed by atoms with van der Waals surface area (Å²) in [7, 11) is 0. The summed E-state index contributed by atoms with van der Waals surface area (Å²) in [5, 5.41) is 0. The van der Waals surface area contributed by atoms with Crippen molar-refractivity contribution in [2.24, 2.45) is 35.5 Å². The van der Waals surface area contributed by atoms with E-state index in [0.717, 1.165) is 29.6 Å². The number of fused-ring (bicyclic) bond motifs is 4. The van der Waals surface area contributed by atoms with E-state index in [4.69, 9.17) is 0 Å². The van der Waals surface area contributed by atoms with Gasteiger partial charge in [0.05, 0.1) is 0 Å². The van der Waals surface area contributed by atoms with Crippen LogP contribution in [0.4, 0.5) is 0 Å². The van der Waals surface area contributed by atoms with Crippen LogP contribution in [0, 0.1) is 35.5 Å². The van der Waals surface area contributed by atoms with Gasteiger partial charge in [-0.3, -0.25) is 0 Å². The van der Waals surface area contributed by atoms with Gasteiger partial charge in [0.2, 0.25) is 0 Å². The zero-order valence-corrected chi connectivity index (χ0v) is 11.9. The Bertz CT molecular complexity index is 294. The maximum atomic E-state index is 1.64. The van der Waals surface area contributed by atoms with Gasteiger partial charge in [-0.25, -0.2) is 0 Å². The van der Waals surface area contributed by atoms with Crippen LogP contribution in [0.3, 0.4) is 0 Å². The van der Waals surface area contributed by atoms with E-state index in [1.165, 1.54) is 5.92 Å². The van der Waals surface area contributed by atoms with Crippen LogP contribution in [0.5, 0.6) is 0 Å². The third-order valence-corrected chi connectivity index (χ3v) is 7.32. The molecule has 4 fully saturated rings. The molecule has 0 saturated heterocycles. The molecule has 0 aliphatic heterocycles. The van der Waals surface area contributed by atoms with Crippen molar-refractivity contribution in [1.29, 1.82) is 0 Å². The average molecular weight is 246 g/mol. The Balaban J connectivity index is 1.52. The summed E-state index contributed by atoms with van der Waals surface area (Å²) in [6.45, 7) is 0. The van der Waals surface area contributed by atoms with Crippen molar-refractivity contribution in [2.45, 2.75) is 77.0 Å². The number of hydrogen-bond acceptors (Lipinski definition) is 0. The Morgan fingerprint density at radius 3 is 2.00 bits per heavy atom. The van der Waals surface area contributed by atoms with Crippen LogP contribution in [0.15, 0.2) is 0 Å². The molecule has 0 aromatic heterocycles. The molecule has 6 unspecified atom stereocenters. The molecule has 0 spiro atoms. The molecule has 0 nitrogen and oxygen atoms in total. The standard InChI is InChI=1S/C18H30/c1-2-5-15-12-16-9-8-14-6-3-7-17(14)18(16)11-10-13(15)4-1/h13-18H,1-12H2. The highest BCUT2D eigenvalue weighted by atomic mass is 14.5. The summed E-state index contributed by atoms with van der Waals surface area (Å²) in [6.07, 6.45) is 19.1. The molecule has 0 bridgehead atoms.